The molecule has 6 heteroatoms. The first-order valence-corrected chi connectivity index (χ1v) is 6.63. The summed E-state index contributed by atoms with van der Waals surface area (Å²) in [5.41, 5.74) is 0. The second kappa shape index (κ2) is 4.88. The van der Waals surface area contributed by atoms with Crippen molar-refractivity contribution in [1.29, 1.82) is 0 Å². The first-order chi connectivity index (χ1) is 6.60. The Labute approximate surface area is 88.4 Å². The number of sulfonamides is 1. The lowest BCUT2D eigenvalue weighted by Gasteiger charge is -1.97. The van der Waals surface area contributed by atoms with Crippen LogP contribution in [0, 0.1) is 0 Å². The topological polar surface area (TPSA) is 58.2 Å². The molecule has 0 amide bonds. The lowest BCUT2D eigenvalue weighted by molar-refractivity contribution is 0.590. The summed E-state index contributed by atoms with van der Waals surface area (Å²) in [4.78, 5) is 1.03. The smallest absolute Gasteiger partial charge is 0.249 e. The Hall–Kier alpha value is -0.430. The highest BCUT2D eigenvalue weighted by Crippen LogP contribution is 2.20. The summed E-state index contributed by atoms with van der Waals surface area (Å²) < 4.78 is 25.4. The minimum atomic E-state index is -3.26. The predicted molar refractivity (Wildman–Crippen MR) is 57.9 cm³/mol. The predicted octanol–water partition coefficient (Wildman–Crippen LogP) is 0.766. The van der Waals surface area contributed by atoms with Crippen LogP contribution in [0.3, 0.4) is 0 Å². The van der Waals surface area contributed by atoms with Crippen LogP contribution < -0.4 is 10.0 Å². The first kappa shape index (κ1) is 11.6. The Morgan fingerprint density at radius 1 is 1.43 bits per heavy atom. The minimum Gasteiger partial charge on any atom is -0.312 e. The van der Waals surface area contributed by atoms with Gasteiger partial charge in [0.15, 0.2) is 0 Å². The molecule has 0 atom stereocenters. The molecule has 0 saturated carbocycles. The highest BCUT2D eigenvalue weighted by molar-refractivity contribution is 7.91. The average molecular weight is 234 g/mol. The van der Waals surface area contributed by atoms with Gasteiger partial charge in [-0.1, -0.05) is 6.92 Å². The zero-order valence-electron chi connectivity index (χ0n) is 8.20. The van der Waals surface area contributed by atoms with Crippen molar-refractivity contribution in [2.45, 2.75) is 17.7 Å². The van der Waals surface area contributed by atoms with Crippen molar-refractivity contribution in [2.75, 3.05) is 13.6 Å². The average Bonchev–Trinajstić information content (AvgIpc) is 2.63. The van der Waals surface area contributed by atoms with Gasteiger partial charge in [-0.25, -0.2) is 13.1 Å². The van der Waals surface area contributed by atoms with Gasteiger partial charge in [-0.3, -0.25) is 0 Å². The van der Waals surface area contributed by atoms with Crippen LogP contribution in [0.2, 0.25) is 0 Å². The van der Waals surface area contributed by atoms with Crippen LogP contribution in [-0.4, -0.2) is 22.0 Å². The van der Waals surface area contributed by atoms with Gasteiger partial charge in [-0.05, 0) is 25.7 Å². The third-order valence-corrected chi connectivity index (χ3v) is 4.71. The van der Waals surface area contributed by atoms with E-state index in [1.807, 2.05) is 13.0 Å². The molecule has 0 spiro atoms. The molecule has 0 aliphatic heterocycles. The molecule has 1 aromatic heterocycles. The van der Waals surface area contributed by atoms with Gasteiger partial charge >= 0.3 is 0 Å². The molecule has 1 heterocycles. The van der Waals surface area contributed by atoms with Crippen LogP contribution >= 0.6 is 11.3 Å². The lowest BCUT2D eigenvalue weighted by Crippen LogP contribution is -2.17. The van der Waals surface area contributed by atoms with Gasteiger partial charge in [0.2, 0.25) is 10.0 Å². The minimum absolute atomic E-state index is 0.368. The fourth-order valence-corrected chi connectivity index (χ4v) is 3.11. The van der Waals surface area contributed by atoms with E-state index in [1.54, 1.807) is 6.07 Å². The molecule has 4 nitrogen and oxygen atoms in total. The number of rotatable bonds is 5. The molecule has 2 N–H and O–H groups in total. The summed E-state index contributed by atoms with van der Waals surface area (Å²) in [5.74, 6) is 0. The van der Waals surface area contributed by atoms with E-state index < -0.39 is 10.0 Å². The van der Waals surface area contributed by atoms with Crippen LogP contribution in [0.25, 0.3) is 0 Å². The van der Waals surface area contributed by atoms with E-state index in [4.69, 9.17) is 0 Å². The van der Waals surface area contributed by atoms with Crippen molar-refractivity contribution in [1.82, 2.24) is 10.0 Å². The van der Waals surface area contributed by atoms with E-state index in [9.17, 15) is 8.42 Å². The third-order valence-electron chi connectivity index (χ3n) is 1.72. The summed E-state index contributed by atoms with van der Waals surface area (Å²) in [7, 11) is -1.85. The SMILES string of the molecule is CCNCc1ccc(S(=O)(=O)NC)s1. The fraction of sp³-hybridized carbons (Fsp3) is 0.500. The molecule has 0 radical (unpaired) electrons. The monoisotopic (exact) mass is 234 g/mol. The molecular formula is C8H14N2O2S2. The summed E-state index contributed by atoms with van der Waals surface area (Å²) in [6, 6.07) is 3.46. The number of hydrogen-bond donors (Lipinski definition) is 2. The van der Waals surface area contributed by atoms with Crippen molar-refractivity contribution in [3.8, 4) is 0 Å². The summed E-state index contributed by atoms with van der Waals surface area (Å²) >= 11 is 1.29. The van der Waals surface area contributed by atoms with E-state index in [1.165, 1.54) is 18.4 Å². The standard InChI is InChI=1S/C8H14N2O2S2/c1-3-10-6-7-4-5-8(13-7)14(11,12)9-2/h4-5,9-10H,3,6H2,1-2H3. The van der Waals surface area contributed by atoms with Gasteiger partial charge < -0.3 is 5.32 Å². The quantitative estimate of drug-likeness (QED) is 0.791. The maximum Gasteiger partial charge on any atom is 0.249 e. The summed E-state index contributed by atoms with van der Waals surface area (Å²) in [6.45, 7) is 3.62. The van der Waals surface area contributed by atoms with Crippen LogP contribution in [-0.2, 0) is 16.6 Å². The van der Waals surface area contributed by atoms with E-state index in [0.29, 0.717) is 4.21 Å². The van der Waals surface area contributed by atoms with E-state index in [0.717, 1.165) is 18.0 Å². The Morgan fingerprint density at radius 2 is 2.14 bits per heavy atom. The Morgan fingerprint density at radius 3 is 2.71 bits per heavy atom. The first-order valence-electron chi connectivity index (χ1n) is 4.33. The Bertz CT molecular complexity index is 384. The Balaban J connectivity index is 2.78. The van der Waals surface area contributed by atoms with Crippen LogP contribution in [0.1, 0.15) is 11.8 Å². The molecule has 0 fully saturated rings. The van der Waals surface area contributed by atoms with Crippen molar-refractivity contribution in [3.05, 3.63) is 17.0 Å². The van der Waals surface area contributed by atoms with Crippen LogP contribution in [0.4, 0.5) is 0 Å². The second-order valence-corrected chi connectivity index (χ2v) is 5.99. The maximum absolute atomic E-state index is 11.4. The van der Waals surface area contributed by atoms with E-state index in [2.05, 4.69) is 10.0 Å². The van der Waals surface area contributed by atoms with E-state index >= 15 is 0 Å². The van der Waals surface area contributed by atoms with Gasteiger partial charge in [0.1, 0.15) is 4.21 Å². The highest BCUT2D eigenvalue weighted by atomic mass is 32.2. The number of thiophene rings is 1. The number of hydrogen-bond acceptors (Lipinski definition) is 4. The zero-order chi connectivity index (χ0) is 10.6. The van der Waals surface area contributed by atoms with Crippen molar-refractivity contribution in [3.63, 3.8) is 0 Å². The Kier molecular flexibility index (Phi) is 4.06. The van der Waals surface area contributed by atoms with Gasteiger partial charge in [-0.15, -0.1) is 11.3 Å². The fourth-order valence-electron chi connectivity index (χ4n) is 0.946. The molecule has 0 bridgehead atoms. The van der Waals surface area contributed by atoms with Crippen LogP contribution in [0.15, 0.2) is 16.3 Å². The maximum atomic E-state index is 11.4. The molecule has 14 heavy (non-hydrogen) atoms. The largest absolute Gasteiger partial charge is 0.312 e. The lowest BCUT2D eigenvalue weighted by atomic mass is 10.4. The van der Waals surface area contributed by atoms with E-state index in [-0.39, 0.29) is 0 Å². The molecule has 1 rings (SSSR count). The molecule has 0 aliphatic rings. The molecule has 0 saturated heterocycles. The molecule has 0 aliphatic carbocycles. The third kappa shape index (κ3) is 2.78. The van der Waals surface area contributed by atoms with Gasteiger partial charge in [0, 0.05) is 11.4 Å². The highest BCUT2D eigenvalue weighted by Gasteiger charge is 2.13. The van der Waals surface area contributed by atoms with Crippen molar-refractivity contribution < 1.29 is 8.42 Å². The second-order valence-electron chi connectivity index (χ2n) is 2.71. The zero-order valence-corrected chi connectivity index (χ0v) is 9.83. The van der Waals surface area contributed by atoms with Crippen molar-refractivity contribution in [2.24, 2.45) is 0 Å². The summed E-state index contributed by atoms with van der Waals surface area (Å²) in [6.07, 6.45) is 0. The normalized spacial score (nSPS) is 11.9. The number of nitrogens with one attached hydrogen (secondary N) is 2. The van der Waals surface area contributed by atoms with Crippen LogP contribution in [0.5, 0.6) is 0 Å². The molecule has 1 aromatic rings. The van der Waals surface area contributed by atoms with Gasteiger partial charge in [-0.2, -0.15) is 0 Å². The molecule has 0 aromatic carbocycles. The van der Waals surface area contributed by atoms with Gasteiger partial charge in [0.25, 0.3) is 0 Å². The van der Waals surface area contributed by atoms with Crippen molar-refractivity contribution >= 4 is 21.4 Å². The summed E-state index contributed by atoms with van der Waals surface area (Å²) in [5, 5.41) is 3.14. The van der Waals surface area contributed by atoms with Gasteiger partial charge in [0.05, 0.1) is 0 Å². The molecule has 0 unspecified atom stereocenters. The molecule has 80 valence electrons. The molecular weight excluding hydrogens is 220 g/mol.